The standard InChI is InChI=1S/C12H7Cl3O/c13-9-6-8(7-4-2-1-3-5-7)12(16)11(15)10(9)14/h1-6,16H. The molecule has 2 aromatic rings. The maximum Gasteiger partial charge on any atom is 0.143 e. The molecule has 0 aliphatic carbocycles. The van der Waals surface area contributed by atoms with Crippen molar-refractivity contribution in [3.63, 3.8) is 0 Å². The third-order valence-corrected chi connectivity index (χ3v) is 3.47. The summed E-state index contributed by atoms with van der Waals surface area (Å²) in [6.07, 6.45) is 0. The van der Waals surface area contributed by atoms with Gasteiger partial charge in [-0.1, -0.05) is 65.1 Å². The van der Waals surface area contributed by atoms with Crippen LogP contribution in [0.25, 0.3) is 11.1 Å². The van der Waals surface area contributed by atoms with E-state index in [1.54, 1.807) is 6.07 Å². The summed E-state index contributed by atoms with van der Waals surface area (Å²) < 4.78 is 0. The highest BCUT2D eigenvalue weighted by atomic mass is 35.5. The van der Waals surface area contributed by atoms with Gasteiger partial charge >= 0.3 is 0 Å². The van der Waals surface area contributed by atoms with E-state index in [9.17, 15) is 5.11 Å². The minimum absolute atomic E-state index is 0.0535. The van der Waals surface area contributed by atoms with Crippen LogP contribution in [0.5, 0.6) is 5.75 Å². The lowest BCUT2D eigenvalue weighted by Crippen LogP contribution is -1.82. The molecule has 4 heteroatoms. The summed E-state index contributed by atoms with van der Waals surface area (Å²) in [6.45, 7) is 0. The van der Waals surface area contributed by atoms with E-state index in [1.807, 2.05) is 30.3 Å². The van der Waals surface area contributed by atoms with Crippen LogP contribution in [0, 0.1) is 0 Å². The number of benzene rings is 2. The number of aromatic hydroxyl groups is 1. The van der Waals surface area contributed by atoms with Gasteiger partial charge in [-0.2, -0.15) is 0 Å². The van der Waals surface area contributed by atoms with Gasteiger partial charge < -0.3 is 5.11 Å². The second-order valence-corrected chi connectivity index (χ2v) is 4.41. The van der Waals surface area contributed by atoms with Crippen LogP contribution in [-0.2, 0) is 0 Å². The molecular weight excluding hydrogens is 266 g/mol. The highest BCUT2D eigenvalue weighted by molar-refractivity contribution is 6.49. The van der Waals surface area contributed by atoms with E-state index < -0.39 is 0 Å². The lowest BCUT2D eigenvalue weighted by atomic mass is 10.0. The highest BCUT2D eigenvalue weighted by Gasteiger charge is 2.14. The predicted octanol–water partition coefficient (Wildman–Crippen LogP) is 5.02. The Morgan fingerprint density at radius 3 is 2.12 bits per heavy atom. The van der Waals surface area contributed by atoms with E-state index in [4.69, 9.17) is 34.8 Å². The van der Waals surface area contributed by atoms with Crippen LogP contribution < -0.4 is 0 Å². The van der Waals surface area contributed by atoms with Crippen molar-refractivity contribution in [2.24, 2.45) is 0 Å². The Labute approximate surface area is 108 Å². The second-order valence-electron chi connectivity index (χ2n) is 3.25. The monoisotopic (exact) mass is 272 g/mol. The SMILES string of the molecule is Oc1c(-c2ccccc2)cc(Cl)c(Cl)c1Cl. The predicted molar refractivity (Wildman–Crippen MR) is 68.6 cm³/mol. The van der Waals surface area contributed by atoms with Crippen molar-refractivity contribution in [3.05, 3.63) is 51.5 Å². The van der Waals surface area contributed by atoms with Gasteiger partial charge in [0, 0.05) is 5.56 Å². The van der Waals surface area contributed by atoms with Crippen LogP contribution in [0.2, 0.25) is 15.1 Å². The van der Waals surface area contributed by atoms with Gasteiger partial charge in [-0.15, -0.1) is 0 Å². The molecule has 0 bridgehead atoms. The zero-order valence-corrected chi connectivity index (χ0v) is 10.3. The number of phenolic OH excluding ortho intramolecular Hbond substituents is 1. The van der Waals surface area contributed by atoms with E-state index in [-0.39, 0.29) is 15.8 Å². The zero-order chi connectivity index (χ0) is 11.7. The van der Waals surface area contributed by atoms with E-state index >= 15 is 0 Å². The molecule has 2 aromatic carbocycles. The summed E-state index contributed by atoms with van der Waals surface area (Å²) in [5.41, 5.74) is 1.40. The van der Waals surface area contributed by atoms with Crippen molar-refractivity contribution >= 4 is 34.8 Å². The third-order valence-electron chi connectivity index (χ3n) is 2.22. The minimum atomic E-state index is -0.0535. The molecule has 2 rings (SSSR count). The summed E-state index contributed by atoms with van der Waals surface area (Å²) in [5, 5.41) is 10.4. The number of rotatable bonds is 1. The normalized spacial score (nSPS) is 10.4. The molecule has 16 heavy (non-hydrogen) atoms. The van der Waals surface area contributed by atoms with Gasteiger partial charge in [0.15, 0.2) is 0 Å². The van der Waals surface area contributed by atoms with E-state index in [0.717, 1.165) is 5.56 Å². The Balaban J connectivity index is 2.68. The lowest BCUT2D eigenvalue weighted by molar-refractivity contribution is 0.477. The van der Waals surface area contributed by atoms with E-state index in [2.05, 4.69) is 0 Å². The first-order valence-corrected chi connectivity index (χ1v) is 5.66. The van der Waals surface area contributed by atoms with Gasteiger partial charge in [-0.25, -0.2) is 0 Å². The molecule has 0 heterocycles. The van der Waals surface area contributed by atoms with Crippen LogP contribution >= 0.6 is 34.8 Å². The molecule has 0 fully saturated rings. The molecule has 0 saturated heterocycles. The molecule has 1 N–H and O–H groups in total. The number of phenols is 1. The van der Waals surface area contributed by atoms with Crippen LogP contribution in [0.1, 0.15) is 0 Å². The van der Waals surface area contributed by atoms with Crippen LogP contribution in [0.3, 0.4) is 0 Å². The van der Waals surface area contributed by atoms with Crippen molar-refractivity contribution in [1.29, 1.82) is 0 Å². The fourth-order valence-corrected chi connectivity index (χ4v) is 2.02. The fourth-order valence-electron chi connectivity index (χ4n) is 1.42. The summed E-state index contributed by atoms with van der Waals surface area (Å²) in [7, 11) is 0. The van der Waals surface area contributed by atoms with Gasteiger partial charge in [0.05, 0.1) is 10.0 Å². The summed E-state index contributed by atoms with van der Waals surface area (Å²) >= 11 is 17.6. The average Bonchev–Trinajstić information content (AvgIpc) is 2.32. The maximum absolute atomic E-state index is 9.88. The van der Waals surface area contributed by atoms with Gasteiger partial charge in [0.1, 0.15) is 10.8 Å². The molecule has 0 unspecified atom stereocenters. The molecule has 0 radical (unpaired) electrons. The minimum Gasteiger partial charge on any atom is -0.506 e. The first-order chi connectivity index (χ1) is 7.61. The quantitative estimate of drug-likeness (QED) is 0.723. The first kappa shape index (κ1) is 11.6. The van der Waals surface area contributed by atoms with Crippen molar-refractivity contribution in [1.82, 2.24) is 0 Å². The number of halogens is 3. The smallest absolute Gasteiger partial charge is 0.143 e. The Bertz CT molecular complexity index is 524. The molecule has 82 valence electrons. The van der Waals surface area contributed by atoms with Crippen LogP contribution in [0.4, 0.5) is 0 Å². The fraction of sp³-hybridized carbons (Fsp3) is 0. The molecule has 0 atom stereocenters. The summed E-state index contributed by atoms with van der Waals surface area (Å²) in [5.74, 6) is -0.0535. The number of hydrogen-bond acceptors (Lipinski definition) is 1. The van der Waals surface area contributed by atoms with Crippen LogP contribution in [-0.4, -0.2) is 5.11 Å². The molecular formula is C12H7Cl3O. The van der Waals surface area contributed by atoms with Crippen molar-refractivity contribution in [2.45, 2.75) is 0 Å². The van der Waals surface area contributed by atoms with E-state index in [1.165, 1.54) is 0 Å². The van der Waals surface area contributed by atoms with Gasteiger partial charge in [0.2, 0.25) is 0 Å². The Hall–Kier alpha value is -0.890. The van der Waals surface area contributed by atoms with Crippen molar-refractivity contribution in [3.8, 4) is 16.9 Å². The summed E-state index contributed by atoms with van der Waals surface area (Å²) in [6, 6.07) is 10.9. The Morgan fingerprint density at radius 2 is 1.50 bits per heavy atom. The van der Waals surface area contributed by atoms with Crippen molar-refractivity contribution in [2.75, 3.05) is 0 Å². The van der Waals surface area contributed by atoms with Gasteiger partial charge in [-0.3, -0.25) is 0 Å². The molecule has 0 aromatic heterocycles. The molecule has 0 spiro atoms. The molecule has 0 aliphatic rings. The lowest BCUT2D eigenvalue weighted by Gasteiger charge is -2.09. The highest BCUT2D eigenvalue weighted by Crippen LogP contribution is 2.43. The van der Waals surface area contributed by atoms with E-state index in [0.29, 0.717) is 10.6 Å². The third kappa shape index (κ3) is 1.99. The second kappa shape index (κ2) is 4.54. The Morgan fingerprint density at radius 1 is 0.875 bits per heavy atom. The van der Waals surface area contributed by atoms with Gasteiger partial charge in [0.25, 0.3) is 0 Å². The van der Waals surface area contributed by atoms with Crippen LogP contribution in [0.15, 0.2) is 36.4 Å². The molecule has 0 amide bonds. The largest absolute Gasteiger partial charge is 0.506 e. The number of hydrogen-bond donors (Lipinski definition) is 1. The molecule has 0 aliphatic heterocycles. The summed E-state index contributed by atoms with van der Waals surface area (Å²) in [4.78, 5) is 0. The topological polar surface area (TPSA) is 20.2 Å². The maximum atomic E-state index is 9.88. The molecule has 1 nitrogen and oxygen atoms in total. The average molecular weight is 274 g/mol. The van der Waals surface area contributed by atoms with Crippen molar-refractivity contribution < 1.29 is 5.11 Å². The zero-order valence-electron chi connectivity index (χ0n) is 8.05. The first-order valence-electron chi connectivity index (χ1n) is 4.53. The molecule has 0 saturated carbocycles. The Kier molecular flexibility index (Phi) is 3.29. The van der Waals surface area contributed by atoms with Gasteiger partial charge in [-0.05, 0) is 11.6 Å².